The van der Waals surface area contributed by atoms with Crippen molar-refractivity contribution in [1.82, 2.24) is 5.32 Å². The number of methoxy groups -OCH3 is 1. The van der Waals surface area contributed by atoms with Gasteiger partial charge in [0.05, 0.1) is 24.6 Å². The van der Waals surface area contributed by atoms with Crippen LogP contribution < -0.4 is 14.8 Å². The van der Waals surface area contributed by atoms with Gasteiger partial charge in [-0.2, -0.15) is 5.26 Å². The van der Waals surface area contributed by atoms with Gasteiger partial charge in [-0.05, 0) is 12.1 Å². The summed E-state index contributed by atoms with van der Waals surface area (Å²) in [5.41, 5.74) is 0.345. The summed E-state index contributed by atoms with van der Waals surface area (Å²) < 4.78 is 10.3. The number of nitriles is 1. The highest BCUT2D eigenvalue weighted by Gasteiger charge is 2.13. The van der Waals surface area contributed by atoms with Crippen LogP contribution in [0.3, 0.4) is 0 Å². The van der Waals surface area contributed by atoms with Crippen LogP contribution in [-0.4, -0.2) is 32.5 Å². The molecular weight excluding hydrogens is 284 g/mol. The molecule has 1 aromatic rings. The SMILES string of the molecule is COc1cc(C=O)cc(Cl)c1OCC(=O)NCCC#N. The van der Waals surface area contributed by atoms with E-state index in [-0.39, 0.29) is 42.0 Å². The first-order valence-corrected chi connectivity index (χ1v) is 6.09. The molecule has 0 unspecified atom stereocenters. The summed E-state index contributed by atoms with van der Waals surface area (Å²) in [6.07, 6.45) is 0.858. The standard InChI is InChI=1S/C13H13ClN2O4/c1-19-11-6-9(7-17)5-10(14)13(11)20-8-12(18)16-4-2-3-15/h5-7H,2,4,8H2,1H3,(H,16,18). The van der Waals surface area contributed by atoms with Crippen molar-refractivity contribution in [3.63, 3.8) is 0 Å². The number of amides is 1. The van der Waals surface area contributed by atoms with Crippen LogP contribution in [0.15, 0.2) is 12.1 Å². The molecule has 7 heteroatoms. The summed E-state index contributed by atoms with van der Waals surface area (Å²) >= 11 is 5.96. The molecular formula is C13H13ClN2O4. The Kier molecular flexibility index (Phi) is 6.33. The lowest BCUT2D eigenvalue weighted by Gasteiger charge is -2.12. The van der Waals surface area contributed by atoms with E-state index in [1.54, 1.807) is 0 Å². The van der Waals surface area contributed by atoms with Gasteiger partial charge in [-0.25, -0.2) is 0 Å². The maximum atomic E-state index is 11.4. The number of carbonyl (C=O) groups is 2. The number of nitrogens with one attached hydrogen (secondary N) is 1. The maximum absolute atomic E-state index is 11.4. The van der Waals surface area contributed by atoms with Crippen LogP contribution in [-0.2, 0) is 4.79 Å². The lowest BCUT2D eigenvalue weighted by molar-refractivity contribution is -0.123. The molecule has 0 aliphatic carbocycles. The van der Waals surface area contributed by atoms with Crippen molar-refractivity contribution >= 4 is 23.8 Å². The smallest absolute Gasteiger partial charge is 0.257 e. The Morgan fingerprint density at radius 1 is 1.55 bits per heavy atom. The summed E-state index contributed by atoms with van der Waals surface area (Å²) in [4.78, 5) is 22.1. The number of hydrogen-bond donors (Lipinski definition) is 1. The Labute approximate surface area is 121 Å². The van der Waals surface area contributed by atoms with Crippen molar-refractivity contribution in [1.29, 1.82) is 5.26 Å². The van der Waals surface area contributed by atoms with E-state index < -0.39 is 0 Å². The van der Waals surface area contributed by atoms with Crippen molar-refractivity contribution in [2.24, 2.45) is 0 Å². The van der Waals surface area contributed by atoms with Gasteiger partial charge in [0.1, 0.15) is 6.29 Å². The number of hydrogen-bond acceptors (Lipinski definition) is 5. The second-order valence-corrected chi connectivity index (χ2v) is 4.11. The summed E-state index contributed by atoms with van der Waals surface area (Å²) in [6.45, 7) is -0.00438. The molecule has 0 saturated heterocycles. The van der Waals surface area contributed by atoms with Gasteiger partial charge < -0.3 is 14.8 Å². The molecule has 0 radical (unpaired) electrons. The number of halogens is 1. The number of ether oxygens (including phenoxy) is 2. The highest BCUT2D eigenvalue weighted by molar-refractivity contribution is 6.32. The minimum absolute atomic E-state index is 0.177. The molecule has 0 bridgehead atoms. The highest BCUT2D eigenvalue weighted by Crippen LogP contribution is 2.35. The van der Waals surface area contributed by atoms with E-state index >= 15 is 0 Å². The van der Waals surface area contributed by atoms with E-state index in [9.17, 15) is 9.59 Å². The minimum Gasteiger partial charge on any atom is -0.493 e. The molecule has 1 rings (SSSR count). The van der Waals surface area contributed by atoms with Crippen molar-refractivity contribution in [3.05, 3.63) is 22.7 Å². The largest absolute Gasteiger partial charge is 0.493 e. The van der Waals surface area contributed by atoms with Gasteiger partial charge in [-0.15, -0.1) is 0 Å². The van der Waals surface area contributed by atoms with E-state index in [1.165, 1.54) is 19.2 Å². The molecule has 0 atom stereocenters. The Bertz CT molecular complexity index is 540. The minimum atomic E-state index is -0.377. The van der Waals surface area contributed by atoms with Gasteiger partial charge in [0.2, 0.25) is 0 Å². The number of aldehydes is 1. The maximum Gasteiger partial charge on any atom is 0.257 e. The second kappa shape index (κ2) is 8.02. The average molecular weight is 297 g/mol. The fraction of sp³-hybridized carbons (Fsp3) is 0.308. The molecule has 1 N–H and O–H groups in total. The Hall–Kier alpha value is -2.26. The zero-order valence-electron chi connectivity index (χ0n) is 10.8. The first-order chi connectivity index (χ1) is 9.62. The number of nitrogens with zero attached hydrogens (tertiary/aromatic N) is 1. The van der Waals surface area contributed by atoms with Crippen LogP contribution in [0, 0.1) is 11.3 Å². The van der Waals surface area contributed by atoms with E-state index in [4.69, 9.17) is 26.3 Å². The van der Waals surface area contributed by atoms with Gasteiger partial charge >= 0.3 is 0 Å². The van der Waals surface area contributed by atoms with E-state index in [0.29, 0.717) is 11.8 Å². The molecule has 1 aromatic carbocycles. The molecule has 0 fully saturated rings. The molecule has 1 amide bonds. The van der Waals surface area contributed by atoms with Crippen LogP contribution in [0.5, 0.6) is 11.5 Å². The molecule has 106 valence electrons. The number of rotatable bonds is 7. The van der Waals surface area contributed by atoms with Crippen LogP contribution >= 0.6 is 11.6 Å². The monoisotopic (exact) mass is 296 g/mol. The lowest BCUT2D eigenvalue weighted by atomic mass is 10.2. The third-order valence-electron chi connectivity index (χ3n) is 2.29. The topological polar surface area (TPSA) is 88.4 Å². The Morgan fingerprint density at radius 2 is 2.30 bits per heavy atom. The summed E-state index contributed by atoms with van der Waals surface area (Å²) in [5.74, 6) is 0.0810. The van der Waals surface area contributed by atoms with Gasteiger partial charge in [0.25, 0.3) is 5.91 Å². The third kappa shape index (κ3) is 4.44. The third-order valence-corrected chi connectivity index (χ3v) is 2.58. The van der Waals surface area contributed by atoms with Crippen LogP contribution in [0.25, 0.3) is 0 Å². The molecule has 0 saturated carbocycles. The molecule has 20 heavy (non-hydrogen) atoms. The zero-order chi connectivity index (χ0) is 15.0. The second-order valence-electron chi connectivity index (χ2n) is 3.70. The summed E-state index contributed by atoms with van der Waals surface area (Å²) in [5, 5.41) is 11.0. The quantitative estimate of drug-likeness (QED) is 0.609. The van der Waals surface area contributed by atoms with Gasteiger partial charge in [-0.1, -0.05) is 11.6 Å². The van der Waals surface area contributed by atoms with Gasteiger partial charge in [-0.3, -0.25) is 9.59 Å². The number of benzene rings is 1. The Morgan fingerprint density at radius 3 is 2.90 bits per heavy atom. The molecule has 0 aliphatic heterocycles. The summed E-state index contributed by atoms with van der Waals surface area (Å²) in [7, 11) is 1.40. The first kappa shape index (κ1) is 15.8. The van der Waals surface area contributed by atoms with E-state index in [1.807, 2.05) is 6.07 Å². The lowest BCUT2D eigenvalue weighted by Crippen LogP contribution is -2.29. The fourth-order valence-electron chi connectivity index (χ4n) is 1.39. The Balaban J connectivity index is 2.70. The summed E-state index contributed by atoms with van der Waals surface area (Å²) in [6, 6.07) is 4.78. The molecule has 0 heterocycles. The van der Waals surface area contributed by atoms with E-state index in [2.05, 4.69) is 5.32 Å². The predicted octanol–water partition coefficient (Wildman–Crippen LogP) is 1.57. The van der Waals surface area contributed by atoms with Crippen molar-refractivity contribution in [2.45, 2.75) is 6.42 Å². The highest BCUT2D eigenvalue weighted by atomic mass is 35.5. The van der Waals surface area contributed by atoms with Gasteiger partial charge in [0, 0.05) is 12.1 Å². The number of carbonyl (C=O) groups excluding carboxylic acids is 2. The average Bonchev–Trinajstić information content (AvgIpc) is 2.45. The van der Waals surface area contributed by atoms with Crippen molar-refractivity contribution in [2.75, 3.05) is 20.3 Å². The van der Waals surface area contributed by atoms with E-state index in [0.717, 1.165) is 0 Å². The van der Waals surface area contributed by atoms with Crippen LogP contribution in [0.2, 0.25) is 5.02 Å². The predicted molar refractivity (Wildman–Crippen MR) is 72.1 cm³/mol. The molecule has 0 aliphatic rings. The van der Waals surface area contributed by atoms with Gasteiger partial charge in [0.15, 0.2) is 18.1 Å². The normalized spacial score (nSPS) is 9.45. The fourth-order valence-corrected chi connectivity index (χ4v) is 1.67. The van der Waals surface area contributed by atoms with Crippen LogP contribution in [0.1, 0.15) is 16.8 Å². The van der Waals surface area contributed by atoms with Crippen LogP contribution in [0.4, 0.5) is 0 Å². The first-order valence-electron chi connectivity index (χ1n) is 5.71. The molecule has 0 aromatic heterocycles. The molecule has 0 spiro atoms. The zero-order valence-corrected chi connectivity index (χ0v) is 11.6. The van der Waals surface area contributed by atoms with Crippen molar-refractivity contribution < 1.29 is 19.1 Å². The molecule has 6 nitrogen and oxygen atoms in total. The van der Waals surface area contributed by atoms with Crippen molar-refractivity contribution in [3.8, 4) is 17.6 Å².